The van der Waals surface area contributed by atoms with E-state index in [1.165, 1.54) is 24.2 Å². The highest BCUT2D eigenvalue weighted by atomic mass is 19.4. The molecule has 3 aliphatic rings. The van der Waals surface area contributed by atoms with Crippen LogP contribution in [0.5, 0.6) is 0 Å². The van der Waals surface area contributed by atoms with Crippen LogP contribution in [-0.2, 0) is 11.7 Å². The van der Waals surface area contributed by atoms with E-state index in [1.54, 1.807) is 4.90 Å². The lowest BCUT2D eigenvalue weighted by Gasteiger charge is -2.51. The van der Waals surface area contributed by atoms with Gasteiger partial charge in [-0.1, -0.05) is 36.8 Å². The van der Waals surface area contributed by atoms with Gasteiger partial charge in [0.25, 0.3) is 0 Å². The van der Waals surface area contributed by atoms with Gasteiger partial charge in [-0.25, -0.2) is 9.78 Å². The Bertz CT molecular complexity index is 1040. The van der Waals surface area contributed by atoms with Crippen LogP contribution in [0.15, 0.2) is 48.7 Å². The Morgan fingerprint density at radius 2 is 1.71 bits per heavy atom. The summed E-state index contributed by atoms with van der Waals surface area (Å²) in [7, 11) is 4.24. The van der Waals surface area contributed by atoms with E-state index in [0.717, 1.165) is 51.1 Å². The number of alkyl halides is 3. The normalized spacial score (nSPS) is 27.7. The molecular formula is C27H33F3N4O. The quantitative estimate of drug-likeness (QED) is 0.527. The van der Waals surface area contributed by atoms with E-state index in [1.807, 2.05) is 6.07 Å². The lowest BCUT2D eigenvalue weighted by molar-refractivity contribution is -0.141. The van der Waals surface area contributed by atoms with Crippen molar-refractivity contribution in [1.82, 2.24) is 14.8 Å². The molecule has 1 aromatic heterocycles. The average Bonchev–Trinajstić information content (AvgIpc) is 3.08. The molecule has 1 spiro atoms. The maximum atomic E-state index is 13.7. The zero-order chi connectivity index (χ0) is 24.8. The number of amides is 2. The summed E-state index contributed by atoms with van der Waals surface area (Å²) >= 11 is 0. The molecule has 0 radical (unpaired) electrons. The Kier molecular flexibility index (Phi) is 6.06. The maximum Gasteiger partial charge on any atom is 0.433 e. The molecule has 0 atom stereocenters. The molecule has 5 nitrogen and oxygen atoms in total. The summed E-state index contributed by atoms with van der Waals surface area (Å²) in [5.41, 5.74) is 0.375. The standard InChI is InChI=1S/C27H33F3N4O/c1-32(2)26(21-9-4-3-5-10-21)15-13-25(14-16-26)19-33(24(35)34(25)18-20-7-6-8-20)22-11-12-23(31-17-22)27(28,29)30/h3-5,9-12,17,20H,6-8,13-16,18-19H2,1-2H3. The second-order valence-electron chi connectivity index (χ2n) is 10.7. The smallest absolute Gasteiger partial charge is 0.317 e. The molecule has 2 saturated carbocycles. The van der Waals surface area contributed by atoms with Crippen LogP contribution in [0, 0.1) is 5.92 Å². The zero-order valence-corrected chi connectivity index (χ0v) is 20.4. The number of pyridine rings is 1. The van der Waals surface area contributed by atoms with Crippen molar-refractivity contribution >= 4 is 11.7 Å². The molecule has 0 unspecified atom stereocenters. The van der Waals surface area contributed by atoms with E-state index in [0.29, 0.717) is 18.2 Å². The third kappa shape index (κ3) is 4.20. The van der Waals surface area contributed by atoms with E-state index in [2.05, 4.69) is 53.1 Å². The SMILES string of the molecule is CN(C)C1(c2ccccc2)CCC2(CC1)CN(c1ccc(C(F)(F)F)nc1)C(=O)N2CC1CCC1. The van der Waals surface area contributed by atoms with Crippen LogP contribution in [0.1, 0.15) is 56.2 Å². The Morgan fingerprint density at radius 1 is 1.03 bits per heavy atom. The fourth-order valence-corrected chi connectivity index (χ4v) is 6.22. The molecule has 0 bridgehead atoms. The van der Waals surface area contributed by atoms with Crippen molar-refractivity contribution in [1.29, 1.82) is 0 Å². The van der Waals surface area contributed by atoms with Crippen molar-refractivity contribution in [2.24, 2.45) is 5.92 Å². The number of carbonyl (C=O) groups excluding carboxylic acids is 1. The summed E-state index contributed by atoms with van der Waals surface area (Å²) in [5.74, 6) is 0.510. The fraction of sp³-hybridized carbons (Fsp3) is 0.556. The largest absolute Gasteiger partial charge is 0.433 e. The molecule has 1 aliphatic heterocycles. The monoisotopic (exact) mass is 486 g/mol. The van der Waals surface area contributed by atoms with Crippen LogP contribution in [0.2, 0.25) is 0 Å². The van der Waals surface area contributed by atoms with E-state index in [-0.39, 0.29) is 17.1 Å². The number of urea groups is 1. The molecule has 2 amide bonds. The number of halogens is 3. The molecule has 2 aliphatic carbocycles. The van der Waals surface area contributed by atoms with Crippen LogP contribution >= 0.6 is 0 Å². The molecule has 188 valence electrons. The van der Waals surface area contributed by atoms with Crippen molar-refractivity contribution in [3.63, 3.8) is 0 Å². The highest BCUT2D eigenvalue weighted by Gasteiger charge is 2.55. The van der Waals surface area contributed by atoms with E-state index in [4.69, 9.17) is 0 Å². The van der Waals surface area contributed by atoms with E-state index < -0.39 is 11.9 Å². The lowest BCUT2D eigenvalue weighted by Crippen LogP contribution is -2.56. The van der Waals surface area contributed by atoms with Crippen molar-refractivity contribution in [3.05, 3.63) is 59.9 Å². The fourth-order valence-electron chi connectivity index (χ4n) is 6.22. The van der Waals surface area contributed by atoms with Gasteiger partial charge in [0.1, 0.15) is 5.69 Å². The highest BCUT2D eigenvalue weighted by Crippen LogP contribution is 2.50. The molecule has 2 aromatic rings. The number of hydrogen-bond acceptors (Lipinski definition) is 3. The summed E-state index contributed by atoms with van der Waals surface area (Å²) in [5, 5.41) is 0. The molecule has 1 aromatic carbocycles. The van der Waals surface area contributed by atoms with Crippen molar-refractivity contribution in [2.45, 2.75) is 62.2 Å². The van der Waals surface area contributed by atoms with E-state index in [9.17, 15) is 18.0 Å². The zero-order valence-electron chi connectivity index (χ0n) is 20.4. The van der Waals surface area contributed by atoms with Gasteiger partial charge < -0.3 is 4.90 Å². The number of hydrogen-bond donors (Lipinski definition) is 0. The minimum absolute atomic E-state index is 0.0962. The summed E-state index contributed by atoms with van der Waals surface area (Å²) < 4.78 is 39.1. The number of nitrogens with zero attached hydrogens (tertiary/aromatic N) is 4. The number of aromatic nitrogens is 1. The van der Waals surface area contributed by atoms with Gasteiger partial charge >= 0.3 is 12.2 Å². The van der Waals surface area contributed by atoms with Crippen LogP contribution in [0.4, 0.5) is 23.7 Å². The maximum absolute atomic E-state index is 13.7. The molecule has 0 N–H and O–H groups in total. The van der Waals surface area contributed by atoms with Gasteiger partial charge in [0.05, 0.1) is 24.0 Å². The van der Waals surface area contributed by atoms with Crippen molar-refractivity contribution < 1.29 is 18.0 Å². The molecule has 1 saturated heterocycles. The minimum Gasteiger partial charge on any atom is -0.317 e. The van der Waals surface area contributed by atoms with Gasteiger partial charge in [-0.15, -0.1) is 0 Å². The van der Waals surface area contributed by atoms with Gasteiger partial charge in [-0.3, -0.25) is 9.80 Å². The molecule has 3 fully saturated rings. The Labute approximate surface area is 204 Å². The molecule has 2 heterocycles. The summed E-state index contributed by atoms with van der Waals surface area (Å²) in [4.78, 5) is 23.3. The van der Waals surface area contributed by atoms with E-state index >= 15 is 0 Å². The molecule has 5 rings (SSSR count). The third-order valence-corrected chi connectivity index (χ3v) is 8.68. The number of rotatable bonds is 5. The Morgan fingerprint density at radius 3 is 2.23 bits per heavy atom. The predicted octanol–water partition coefficient (Wildman–Crippen LogP) is 5.91. The molecular weight excluding hydrogens is 453 g/mol. The van der Waals surface area contributed by atoms with Crippen LogP contribution in [0.3, 0.4) is 0 Å². The average molecular weight is 487 g/mol. The second kappa shape index (κ2) is 8.80. The number of anilines is 1. The van der Waals surface area contributed by atoms with Gasteiger partial charge in [0, 0.05) is 12.1 Å². The molecule has 8 heteroatoms. The Hall–Kier alpha value is -2.61. The lowest BCUT2D eigenvalue weighted by atomic mass is 9.68. The third-order valence-electron chi connectivity index (χ3n) is 8.68. The molecule has 35 heavy (non-hydrogen) atoms. The first-order valence-electron chi connectivity index (χ1n) is 12.5. The Balaban J connectivity index is 1.43. The van der Waals surface area contributed by atoms with Crippen molar-refractivity contribution in [3.8, 4) is 0 Å². The highest BCUT2D eigenvalue weighted by molar-refractivity contribution is 5.95. The summed E-state index contributed by atoms with van der Waals surface area (Å²) in [6.07, 6.45) is 3.69. The predicted molar refractivity (Wildman–Crippen MR) is 129 cm³/mol. The van der Waals surface area contributed by atoms with Crippen LogP contribution in [0.25, 0.3) is 0 Å². The van der Waals surface area contributed by atoms with Crippen LogP contribution < -0.4 is 4.90 Å². The first kappa shape index (κ1) is 24.1. The van der Waals surface area contributed by atoms with Gasteiger partial charge in [0.15, 0.2) is 0 Å². The van der Waals surface area contributed by atoms with Crippen molar-refractivity contribution in [2.75, 3.05) is 32.1 Å². The summed E-state index contributed by atoms with van der Waals surface area (Å²) in [6, 6.07) is 12.8. The summed E-state index contributed by atoms with van der Waals surface area (Å²) in [6.45, 7) is 1.22. The number of carbonyl (C=O) groups is 1. The first-order valence-corrected chi connectivity index (χ1v) is 12.5. The topological polar surface area (TPSA) is 39.7 Å². The van der Waals surface area contributed by atoms with Gasteiger partial charge in [-0.2, -0.15) is 13.2 Å². The van der Waals surface area contributed by atoms with Gasteiger partial charge in [-0.05, 0) is 76.2 Å². The number of benzene rings is 1. The second-order valence-corrected chi connectivity index (χ2v) is 10.7. The first-order chi connectivity index (χ1) is 16.6. The minimum atomic E-state index is -4.50. The van der Waals surface area contributed by atoms with Gasteiger partial charge in [0.2, 0.25) is 0 Å². The van der Waals surface area contributed by atoms with Crippen LogP contribution in [-0.4, -0.2) is 53.5 Å².